The molecule has 6 heteroatoms. The lowest BCUT2D eigenvalue weighted by atomic mass is 10.2. The van der Waals surface area contributed by atoms with Crippen molar-refractivity contribution in [1.82, 2.24) is 10.2 Å². The van der Waals surface area contributed by atoms with Gasteiger partial charge in [0.15, 0.2) is 0 Å². The molecular formula is C16H24N2O4. The van der Waals surface area contributed by atoms with Crippen LogP contribution in [0.5, 0.6) is 5.75 Å². The maximum atomic E-state index is 11.7. The maximum absolute atomic E-state index is 11.7. The standard InChI is InChI=1S/C16H24N2O4/c1-20-15-4-2-3-14(11-15)12-22-13-16(19)17-5-6-18-7-9-21-10-8-18/h2-4,11H,5-10,12-13H2,1H3,(H,17,19). The number of nitrogens with zero attached hydrogens (tertiary/aromatic N) is 1. The Labute approximate surface area is 131 Å². The summed E-state index contributed by atoms with van der Waals surface area (Å²) in [6.45, 7) is 5.38. The molecule has 0 spiro atoms. The van der Waals surface area contributed by atoms with Gasteiger partial charge in [-0.05, 0) is 17.7 Å². The zero-order valence-electron chi connectivity index (χ0n) is 13.0. The van der Waals surface area contributed by atoms with E-state index >= 15 is 0 Å². The Morgan fingerprint density at radius 1 is 1.36 bits per heavy atom. The molecule has 22 heavy (non-hydrogen) atoms. The highest BCUT2D eigenvalue weighted by atomic mass is 16.5. The lowest BCUT2D eigenvalue weighted by molar-refractivity contribution is -0.126. The van der Waals surface area contributed by atoms with Crippen molar-refractivity contribution in [2.75, 3.05) is 53.1 Å². The fourth-order valence-electron chi connectivity index (χ4n) is 2.25. The number of ether oxygens (including phenoxy) is 3. The van der Waals surface area contributed by atoms with E-state index in [1.54, 1.807) is 7.11 Å². The summed E-state index contributed by atoms with van der Waals surface area (Å²) in [7, 11) is 1.63. The van der Waals surface area contributed by atoms with E-state index in [2.05, 4.69) is 10.2 Å². The van der Waals surface area contributed by atoms with Gasteiger partial charge in [-0.2, -0.15) is 0 Å². The van der Waals surface area contributed by atoms with Gasteiger partial charge in [0.25, 0.3) is 0 Å². The summed E-state index contributed by atoms with van der Waals surface area (Å²) < 4.78 is 15.8. The van der Waals surface area contributed by atoms with E-state index in [9.17, 15) is 4.79 Å². The van der Waals surface area contributed by atoms with Crippen LogP contribution in [0.4, 0.5) is 0 Å². The fourth-order valence-corrected chi connectivity index (χ4v) is 2.25. The summed E-state index contributed by atoms with van der Waals surface area (Å²) in [5, 5.41) is 2.87. The lowest BCUT2D eigenvalue weighted by Crippen LogP contribution is -2.41. The number of amides is 1. The van der Waals surface area contributed by atoms with Crippen LogP contribution in [-0.2, 0) is 20.9 Å². The topological polar surface area (TPSA) is 60.0 Å². The summed E-state index contributed by atoms with van der Waals surface area (Å²) in [5.41, 5.74) is 0.987. The van der Waals surface area contributed by atoms with Crippen molar-refractivity contribution in [3.05, 3.63) is 29.8 Å². The fraction of sp³-hybridized carbons (Fsp3) is 0.562. The highest BCUT2D eigenvalue weighted by molar-refractivity contribution is 5.77. The van der Waals surface area contributed by atoms with Gasteiger partial charge in [-0.1, -0.05) is 12.1 Å². The Kier molecular flexibility index (Phi) is 7.15. The minimum Gasteiger partial charge on any atom is -0.497 e. The Balaban J connectivity index is 1.57. The predicted octanol–water partition coefficient (Wildman–Crippen LogP) is 0.660. The van der Waals surface area contributed by atoms with Crippen LogP contribution in [-0.4, -0.2) is 63.9 Å². The number of methoxy groups -OCH3 is 1. The van der Waals surface area contributed by atoms with Gasteiger partial charge in [0.05, 0.1) is 26.9 Å². The molecule has 0 aromatic heterocycles. The molecule has 2 rings (SSSR count). The van der Waals surface area contributed by atoms with E-state index in [0.29, 0.717) is 13.2 Å². The summed E-state index contributed by atoms with van der Waals surface area (Å²) in [6, 6.07) is 7.62. The summed E-state index contributed by atoms with van der Waals surface area (Å²) in [6.07, 6.45) is 0. The Morgan fingerprint density at radius 2 is 2.18 bits per heavy atom. The van der Waals surface area contributed by atoms with Gasteiger partial charge in [-0.15, -0.1) is 0 Å². The van der Waals surface area contributed by atoms with Crippen molar-refractivity contribution in [3.8, 4) is 5.75 Å². The van der Waals surface area contributed by atoms with Gasteiger partial charge in [0.2, 0.25) is 5.91 Å². The van der Waals surface area contributed by atoms with Gasteiger partial charge in [-0.25, -0.2) is 0 Å². The Hall–Kier alpha value is -1.63. The normalized spacial score (nSPS) is 15.5. The molecule has 1 fully saturated rings. The number of morpholine rings is 1. The number of hydrogen-bond donors (Lipinski definition) is 1. The number of nitrogens with one attached hydrogen (secondary N) is 1. The summed E-state index contributed by atoms with van der Waals surface area (Å²) in [4.78, 5) is 14.0. The zero-order valence-corrected chi connectivity index (χ0v) is 13.0. The monoisotopic (exact) mass is 308 g/mol. The molecule has 122 valence electrons. The van der Waals surface area contributed by atoms with Crippen LogP contribution in [0.3, 0.4) is 0 Å². The van der Waals surface area contributed by atoms with Crippen LogP contribution >= 0.6 is 0 Å². The van der Waals surface area contributed by atoms with Crippen LogP contribution in [0.2, 0.25) is 0 Å². The summed E-state index contributed by atoms with van der Waals surface area (Å²) in [5.74, 6) is 0.701. The van der Waals surface area contributed by atoms with Crippen LogP contribution < -0.4 is 10.1 Å². The molecule has 6 nitrogen and oxygen atoms in total. The molecule has 0 atom stereocenters. The smallest absolute Gasteiger partial charge is 0.246 e. The maximum Gasteiger partial charge on any atom is 0.246 e. The van der Waals surface area contributed by atoms with Gasteiger partial charge >= 0.3 is 0 Å². The van der Waals surface area contributed by atoms with E-state index in [-0.39, 0.29) is 12.5 Å². The first-order chi connectivity index (χ1) is 10.8. The molecule has 0 bridgehead atoms. The molecule has 0 saturated carbocycles. The second-order valence-corrected chi connectivity index (χ2v) is 5.15. The van der Waals surface area contributed by atoms with Crippen LogP contribution in [0.1, 0.15) is 5.56 Å². The van der Waals surface area contributed by atoms with Crippen molar-refractivity contribution in [2.45, 2.75) is 6.61 Å². The molecule has 1 amide bonds. The Bertz CT molecular complexity index is 461. The molecule has 0 unspecified atom stereocenters. The van der Waals surface area contributed by atoms with Gasteiger partial charge in [0, 0.05) is 26.2 Å². The molecule has 0 radical (unpaired) electrons. The SMILES string of the molecule is COc1cccc(COCC(=O)NCCN2CCOCC2)c1. The first-order valence-electron chi connectivity index (χ1n) is 7.55. The van der Waals surface area contributed by atoms with Gasteiger partial charge in [-0.3, -0.25) is 9.69 Å². The molecule has 0 aliphatic carbocycles. The van der Waals surface area contributed by atoms with E-state index in [4.69, 9.17) is 14.2 Å². The molecule has 1 saturated heterocycles. The van der Waals surface area contributed by atoms with Crippen molar-refractivity contribution in [2.24, 2.45) is 0 Å². The first kappa shape index (κ1) is 16.7. The highest BCUT2D eigenvalue weighted by Crippen LogP contribution is 2.12. The first-order valence-corrected chi connectivity index (χ1v) is 7.55. The third-order valence-corrected chi connectivity index (χ3v) is 3.49. The number of carbonyl (C=O) groups excluding carboxylic acids is 1. The molecule has 1 aliphatic rings. The number of rotatable bonds is 8. The largest absolute Gasteiger partial charge is 0.497 e. The summed E-state index contributed by atoms with van der Waals surface area (Å²) >= 11 is 0. The molecular weight excluding hydrogens is 284 g/mol. The average molecular weight is 308 g/mol. The number of carbonyl (C=O) groups is 1. The van der Waals surface area contributed by atoms with E-state index < -0.39 is 0 Å². The van der Waals surface area contributed by atoms with Crippen molar-refractivity contribution < 1.29 is 19.0 Å². The quantitative estimate of drug-likeness (QED) is 0.764. The number of hydrogen-bond acceptors (Lipinski definition) is 5. The zero-order chi connectivity index (χ0) is 15.6. The van der Waals surface area contributed by atoms with E-state index in [1.807, 2.05) is 24.3 Å². The third kappa shape index (κ3) is 6.01. The van der Waals surface area contributed by atoms with Crippen molar-refractivity contribution >= 4 is 5.91 Å². The molecule has 1 aliphatic heterocycles. The van der Waals surface area contributed by atoms with Crippen LogP contribution in [0.15, 0.2) is 24.3 Å². The second kappa shape index (κ2) is 9.40. The minimum atomic E-state index is -0.0869. The Morgan fingerprint density at radius 3 is 2.95 bits per heavy atom. The van der Waals surface area contributed by atoms with Crippen LogP contribution in [0.25, 0.3) is 0 Å². The van der Waals surface area contributed by atoms with Gasteiger partial charge < -0.3 is 19.5 Å². The number of benzene rings is 1. The van der Waals surface area contributed by atoms with Gasteiger partial charge in [0.1, 0.15) is 12.4 Å². The second-order valence-electron chi connectivity index (χ2n) is 5.15. The third-order valence-electron chi connectivity index (χ3n) is 3.49. The lowest BCUT2D eigenvalue weighted by Gasteiger charge is -2.26. The molecule has 1 heterocycles. The molecule has 1 aromatic carbocycles. The minimum absolute atomic E-state index is 0.0698. The highest BCUT2D eigenvalue weighted by Gasteiger charge is 2.10. The predicted molar refractivity (Wildman–Crippen MR) is 82.9 cm³/mol. The van der Waals surface area contributed by atoms with Crippen LogP contribution in [0, 0.1) is 0 Å². The molecule has 1 aromatic rings. The van der Waals surface area contributed by atoms with E-state index in [1.165, 1.54) is 0 Å². The van der Waals surface area contributed by atoms with E-state index in [0.717, 1.165) is 44.2 Å². The van der Waals surface area contributed by atoms with Crippen molar-refractivity contribution in [1.29, 1.82) is 0 Å². The average Bonchev–Trinajstić information content (AvgIpc) is 2.56. The van der Waals surface area contributed by atoms with Crippen molar-refractivity contribution in [3.63, 3.8) is 0 Å². The molecule has 1 N–H and O–H groups in total.